The van der Waals surface area contributed by atoms with E-state index < -0.39 is 0 Å². The van der Waals surface area contributed by atoms with Gasteiger partial charge in [-0.3, -0.25) is 0 Å². The maximum Gasteiger partial charge on any atom is 0.191 e. The minimum absolute atomic E-state index is 0.0679. The van der Waals surface area contributed by atoms with E-state index in [0.717, 1.165) is 51.6 Å². The SMILES string of the molecule is CCNC(=NCc1ccc(N2CC=CC2)cc1)NCC1(C)CCCO1. The summed E-state index contributed by atoms with van der Waals surface area (Å²) in [7, 11) is 0. The Morgan fingerprint density at radius 3 is 2.60 bits per heavy atom. The van der Waals surface area contributed by atoms with Crippen molar-refractivity contribution in [3.63, 3.8) is 0 Å². The quantitative estimate of drug-likeness (QED) is 0.474. The predicted octanol–water partition coefficient (Wildman–Crippen LogP) is 2.69. The Morgan fingerprint density at radius 1 is 1.20 bits per heavy atom. The molecule has 2 N–H and O–H groups in total. The summed E-state index contributed by atoms with van der Waals surface area (Å²) in [5.74, 6) is 0.854. The van der Waals surface area contributed by atoms with Gasteiger partial charge in [0.15, 0.2) is 5.96 Å². The Bertz CT molecular complexity index is 595. The van der Waals surface area contributed by atoms with Gasteiger partial charge in [-0.25, -0.2) is 4.99 Å². The van der Waals surface area contributed by atoms with Crippen LogP contribution in [0.15, 0.2) is 41.4 Å². The van der Waals surface area contributed by atoms with Crippen molar-refractivity contribution in [3.8, 4) is 0 Å². The summed E-state index contributed by atoms with van der Waals surface area (Å²) in [5.41, 5.74) is 2.42. The van der Waals surface area contributed by atoms with E-state index in [-0.39, 0.29) is 5.60 Å². The van der Waals surface area contributed by atoms with E-state index >= 15 is 0 Å². The van der Waals surface area contributed by atoms with E-state index in [1.807, 2.05) is 0 Å². The zero-order valence-electron chi connectivity index (χ0n) is 15.4. The lowest BCUT2D eigenvalue weighted by molar-refractivity contribution is 0.0243. The number of aliphatic imine (C=N–C) groups is 1. The Morgan fingerprint density at radius 2 is 1.96 bits per heavy atom. The number of anilines is 1. The molecule has 1 aromatic rings. The summed E-state index contributed by atoms with van der Waals surface area (Å²) in [6.45, 7) is 9.45. The first kappa shape index (κ1) is 17.8. The molecule has 1 fully saturated rings. The van der Waals surface area contributed by atoms with E-state index in [9.17, 15) is 0 Å². The van der Waals surface area contributed by atoms with Crippen molar-refractivity contribution in [1.29, 1.82) is 0 Å². The molecule has 3 rings (SSSR count). The molecule has 0 bridgehead atoms. The third-order valence-electron chi connectivity index (χ3n) is 4.81. The monoisotopic (exact) mass is 342 g/mol. The number of nitrogens with one attached hydrogen (secondary N) is 2. The smallest absolute Gasteiger partial charge is 0.191 e. The van der Waals surface area contributed by atoms with Gasteiger partial charge in [0.1, 0.15) is 0 Å². The van der Waals surface area contributed by atoms with Crippen molar-refractivity contribution >= 4 is 11.6 Å². The largest absolute Gasteiger partial charge is 0.373 e. The minimum atomic E-state index is -0.0679. The molecule has 136 valence electrons. The molecule has 5 heteroatoms. The van der Waals surface area contributed by atoms with Gasteiger partial charge in [0.2, 0.25) is 0 Å². The molecule has 1 aromatic carbocycles. The molecule has 5 nitrogen and oxygen atoms in total. The average Bonchev–Trinajstić information content (AvgIpc) is 3.30. The fraction of sp³-hybridized carbons (Fsp3) is 0.550. The number of hydrogen-bond acceptors (Lipinski definition) is 3. The zero-order chi connectivity index (χ0) is 17.5. The van der Waals surface area contributed by atoms with Crippen molar-refractivity contribution in [2.45, 2.75) is 38.8 Å². The topological polar surface area (TPSA) is 48.9 Å². The van der Waals surface area contributed by atoms with E-state index in [1.54, 1.807) is 0 Å². The van der Waals surface area contributed by atoms with E-state index in [1.165, 1.54) is 11.3 Å². The Hall–Kier alpha value is -2.01. The first-order valence-corrected chi connectivity index (χ1v) is 9.33. The van der Waals surface area contributed by atoms with Crippen molar-refractivity contribution in [2.75, 3.05) is 37.7 Å². The molecule has 0 aromatic heterocycles. The molecule has 1 unspecified atom stereocenters. The normalized spacial score (nSPS) is 23.3. The Balaban J connectivity index is 1.55. The first-order chi connectivity index (χ1) is 12.2. The zero-order valence-corrected chi connectivity index (χ0v) is 15.4. The van der Waals surface area contributed by atoms with Crippen LogP contribution in [0.25, 0.3) is 0 Å². The summed E-state index contributed by atoms with van der Waals surface area (Å²) in [6.07, 6.45) is 6.67. The van der Waals surface area contributed by atoms with Crippen molar-refractivity contribution < 1.29 is 4.74 Å². The fourth-order valence-electron chi connectivity index (χ4n) is 3.26. The molecule has 0 saturated carbocycles. The number of nitrogens with zero attached hydrogens (tertiary/aromatic N) is 2. The lowest BCUT2D eigenvalue weighted by Crippen LogP contribution is -2.45. The van der Waals surface area contributed by atoms with E-state index in [0.29, 0.717) is 6.54 Å². The number of rotatable bonds is 6. The van der Waals surface area contributed by atoms with Crippen LogP contribution >= 0.6 is 0 Å². The second kappa shape index (κ2) is 8.39. The maximum absolute atomic E-state index is 5.84. The summed E-state index contributed by atoms with van der Waals surface area (Å²) < 4.78 is 5.84. The lowest BCUT2D eigenvalue weighted by atomic mass is 10.0. The highest BCUT2D eigenvalue weighted by atomic mass is 16.5. The summed E-state index contributed by atoms with van der Waals surface area (Å²) in [6, 6.07) is 8.71. The van der Waals surface area contributed by atoms with Crippen LogP contribution in [-0.2, 0) is 11.3 Å². The maximum atomic E-state index is 5.84. The highest BCUT2D eigenvalue weighted by molar-refractivity contribution is 5.79. The van der Waals surface area contributed by atoms with Crippen molar-refractivity contribution in [1.82, 2.24) is 10.6 Å². The van der Waals surface area contributed by atoms with Gasteiger partial charge in [-0.1, -0.05) is 24.3 Å². The van der Waals surface area contributed by atoms with Crippen LogP contribution in [0, 0.1) is 0 Å². The molecule has 25 heavy (non-hydrogen) atoms. The second-order valence-electron chi connectivity index (χ2n) is 6.99. The third-order valence-corrected chi connectivity index (χ3v) is 4.81. The summed E-state index contributed by atoms with van der Waals surface area (Å²) in [5, 5.41) is 6.74. The fourth-order valence-corrected chi connectivity index (χ4v) is 3.26. The molecule has 2 aliphatic rings. The minimum Gasteiger partial charge on any atom is -0.373 e. The van der Waals surface area contributed by atoms with Crippen LogP contribution < -0.4 is 15.5 Å². The molecule has 0 aliphatic carbocycles. The molecular formula is C20H30N4O. The molecular weight excluding hydrogens is 312 g/mol. The third kappa shape index (κ3) is 4.98. The van der Waals surface area contributed by atoms with Crippen LogP contribution in [0.2, 0.25) is 0 Å². The van der Waals surface area contributed by atoms with Gasteiger partial charge in [-0.2, -0.15) is 0 Å². The predicted molar refractivity (Wildman–Crippen MR) is 104 cm³/mol. The van der Waals surface area contributed by atoms with E-state index in [4.69, 9.17) is 9.73 Å². The van der Waals surface area contributed by atoms with Crippen LogP contribution in [0.1, 0.15) is 32.3 Å². The van der Waals surface area contributed by atoms with Crippen LogP contribution in [0.5, 0.6) is 0 Å². The molecule has 1 atom stereocenters. The van der Waals surface area contributed by atoms with Gasteiger partial charge in [0, 0.05) is 38.5 Å². The van der Waals surface area contributed by atoms with Crippen LogP contribution in [0.4, 0.5) is 5.69 Å². The standard InChI is InChI=1S/C20H30N4O/c1-3-21-19(23-16-20(2)11-6-14-25-20)22-15-17-7-9-18(10-8-17)24-12-4-5-13-24/h4-5,7-10H,3,6,11-16H2,1-2H3,(H2,21,22,23). The Labute approximate surface area is 151 Å². The van der Waals surface area contributed by atoms with Gasteiger partial charge < -0.3 is 20.3 Å². The number of ether oxygens (including phenoxy) is 1. The van der Waals surface area contributed by atoms with Gasteiger partial charge >= 0.3 is 0 Å². The molecule has 2 aliphatic heterocycles. The van der Waals surface area contributed by atoms with E-state index in [2.05, 4.69) is 65.8 Å². The van der Waals surface area contributed by atoms with Crippen LogP contribution in [0.3, 0.4) is 0 Å². The first-order valence-electron chi connectivity index (χ1n) is 9.33. The lowest BCUT2D eigenvalue weighted by Gasteiger charge is -2.24. The van der Waals surface area contributed by atoms with Crippen molar-refractivity contribution in [3.05, 3.63) is 42.0 Å². The van der Waals surface area contributed by atoms with Crippen LogP contribution in [-0.4, -0.2) is 44.3 Å². The van der Waals surface area contributed by atoms with Gasteiger partial charge in [-0.15, -0.1) is 0 Å². The molecule has 1 saturated heterocycles. The van der Waals surface area contributed by atoms with Gasteiger partial charge in [0.25, 0.3) is 0 Å². The molecule has 0 radical (unpaired) electrons. The number of guanidine groups is 1. The Kier molecular flexibility index (Phi) is 5.97. The summed E-state index contributed by atoms with van der Waals surface area (Å²) in [4.78, 5) is 7.06. The number of benzene rings is 1. The average molecular weight is 342 g/mol. The second-order valence-corrected chi connectivity index (χ2v) is 6.99. The molecule has 0 spiro atoms. The summed E-state index contributed by atoms with van der Waals surface area (Å²) >= 11 is 0. The van der Waals surface area contributed by atoms with Gasteiger partial charge in [-0.05, 0) is 44.4 Å². The molecule has 0 amide bonds. The van der Waals surface area contributed by atoms with Crippen molar-refractivity contribution in [2.24, 2.45) is 4.99 Å². The highest BCUT2D eigenvalue weighted by Crippen LogP contribution is 2.23. The van der Waals surface area contributed by atoms with Gasteiger partial charge in [0.05, 0.1) is 12.1 Å². The molecule has 2 heterocycles. The number of hydrogen-bond donors (Lipinski definition) is 2. The highest BCUT2D eigenvalue weighted by Gasteiger charge is 2.29.